The van der Waals surface area contributed by atoms with Crippen LogP contribution in [0.15, 0.2) is 53.4 Å². The molecule has 1 atom stereocenters. The van der Waals surface area contributed by atoms with Crippen molar-refractivity contribution in [3.63, 3.8) is 0 Å². The number of hydrogen-bond donors (Lipinski definition) is 1. The Morgan fingerprint density at radius 2 is 1.75 bits per heavy atom. The van der Waals surface area contributed by atoms with Crippen LogP contribution in [0.25, 0.3) is 0 Å². The molecule has 32 heavy (non-hydrogen) atoms. The molecule has 0 aromatic heterocycles. The SMILES string of the molecule is CC[C@@H](C(=O)NC1CCCC1)N(Cc1ccc(OC)cc1)C(=O)CSc1ccc(C)cc1. The molecule has 0 unspecified atom stereocenters. The summed E-state index contributed by atoms with van der Waals surface area (Å²) in [4.78, 5) is 29.3. The summed E-state index contributed by atoms with van der Waals surface area (Å²) in [6.45, 7) is 4.42. The second kappa shape index (κ2) is 12.0. The topological polar surface area (TPSA) is 58.6 Å². The molecular weight excluding hydrogens is 420 g/mol. The second-order valence-electron chi connectivity index (χ2n) is 8.39. The van der Waals surface area contributed by atoms with Gasteiger partial charge in [-0.3, -0.25) is 9.59 Å². The molecule has 1 aliphatic carbocycles. The lowest BCUT2D eigenvalue weighted by molar-refractivity contribution is -0.139. The summed E-state index contributed by atoms with van der Waals surface area (Å²) in [6.07, 6.45) is 4.94. The summed E-state index contributed by atoms with van der Waals surface area (Å²) >= 11 is 1.51. The highest BCUT2D eigenvalue weighted by Gasteiger charge is 2.30. The van der Waals surface area contributed by atoms with Gasteiger partial charge in [-0.2, -0.15) is 0 Å². The fourth-order valence-electron chi connectivity index (χ4n) is 4.08. The molecule has 3 rings (SSSR count). The average Bonchev–Trinajstić information content (AvgIpc) is 3.31. The molecule has 172 valence electrons. The van der Waals surface area contributed by atoms with Gasteiger partial charge >= 0.3 is 0 Å². The number of methoxy groups -OCH3 is 1. The Balaban J connectivity index is 1.74. The summed E-state index contributed by atoms with van der Waals surface area (Å²) in [5.41, 5.74) is 2.17. The Bertz CT molecular complexity index is 877. The van der Waals surface area contributed by atoms with Crippen molar-refractivity contribution in [3.8, 4) is 5.75 Å². The van der Waals surface area contributed by atoms with E-state index in [2.05, 4.69) is 5.32 Å². The van der Waals surface area contributed by atoms with Crippen LogP contribution in [0.2, 0.25) is 0 Å². The zero-order valence-corrected chi connectivity index (χ0v) is 20.1. The van der Waals surface area contributed by atoms with E-state index in [9.17, 15) is 9.59 Å². The lowest BCUT2D eigenvalue weighted by Crippen LogP contribution is -2.51. The van der Waals surface area contributed by atoms with Crippen LogP contribution in [-0.2, 0) is 16.1 Å². The Labute approximate surface area is 195 Å². The monoisotopic (exact) mass is 454 g/mol. The molecule has 2 aromatic rings. The predicted octanol–water partition coefficient (Wildman–Crippen LogP) is 4.96. The van der Waals surface area contributed by atoms with Crippen LogP contribution >= 0.6 is 11.8 Å². The molecular formula is C26H34N2O3S. The molecule has 2 aromatic carbocycles. The van der Waals surface area contributed by atoms with Gasteiger partial charge in [-0.1, -0.05) is 49.6 Å². The van der Waals surface area contributed by atoms with Gasteiger partial charge in [-0.15, -0.1) is 11.8 Å². The van der Waals surface area contributed by atoms with Gasteiger partial charge in [-0.05, 0) is 56.0 Å². The van der Waals surface area contributed by atoms with E-state index in [0.717, 1.165) is 41.9 Å². The van der Waals surface area contributed by atoms with Gasteiger partial charge in [-0.25, -0.2) is 0 Å². The van der Waals surface area contributed by atoms with Crippen molar-refractivity contribution in [3.05, 3.63) is 59.7 Å². The maximum Gasteiger partial charge on any atom is 0.243 e. The number of rotatable bonds is 10. The molecule has 0 heterocycles. The third-order valence-corrected chi connectivity index (χ3v) is 6.98. The smallest absolute Gasteiger partial charge is 0.243 e. The first-order valence-corrected chi connectivity index (χ1v) is 12.4. The number of amides is 2. The van der Waals surface area contributed by atoms with Crippen molar-refractivity contribution in [1.29, 1.82) is 0 Å². The van der Waals surface area contributed by atoms with Gasteiger partial charge in [0.05, 0.1) is 12.9 Å². The number of ether oxygens (including phenoxy) is 1. The fraction of sp³-hybridized carbons (Fsp3) is 0.462. The maximum absolute atomic E-state index is 13.4. The molecule has 1 aliphatic rings. The van der Waals surface area contributed by atoms with Gasteiger partial charge in [0, 0.05) is 17.5 Å². The van der Waals surface area contributed by atoms with E-state index in [-0.39, 0.29) is 17.9 Å². The number of nitrogens with zero attached hydrogens (tertiary/aromatic N) is 1. The molecule has 2 amide bonds. The number of thioether (sulfide) groups is 1. The third-order valence-electron chi connectivity index (χ3n) is 5.98. The van der Waals surface area contributed by atoms with Crippen molar-refractivity contribution in [1.82, 2.24) is 10.2 Å². The largest absolute Gasteiger partial charge is 0.497 e. The first-order chi connectivity index (χ1) is 15.5. The Kier molecular flexibility index (Phi) is 9.03. The summed E-state index contributed by atoms with van der Waals surface area (Å²) in [5.74, 6) is 1.00. The van der Waals surface area contributed by atoms with Crippen molar-refractivity contribution < 1.29 is 14.3 Å². The minimum absolute atomic E-state index is 0.0279. The average molecular weight is 455 g/mol. The quantitative estimate of drug-likeness (QED) is 0.516. The molecule has 0 spiro atoms. The van der Waals surface area contributed by atoms with Gasteiger partial charge in [0.1, 0.15) is 11.8 Å². The summed E-state index contributed by atoms with van der Waals surface area (Å²) < 4.78 is 5.25. The normalized spacial score (nSPS) is 14.7. The standard InChI is InChI=1S/C26H34N2O3S/c1-4-24(26(30)27-21-7-5-6-8-21)28(17-20-11-13-22(31-3)14-12-20)25(29)18-32-23-15-9-19(2)10-16-23/h9-16,21,24H,4-8,17-18H2,1-3H3,(H,27,30)/t24-/m0/s1. The van der Waals surface area contributed by atoms with Crippen molar-refractivity contribution in [2.45, 2.75) is 69.5 Å². The molecule has 5 nitrogen and oxygen atoms in total. The van der Waals surface area contributed by atoms with E-state index in [1.54, 1.807) is 12.0 Å². The summed E-state index contributed by atoms with van der Waals surface area (Å²) in [7, 11) is 1.63. The molecule has 1 fully saturated rings. The van der Waals surface area contributed by atoms with Crippen molar-refractivity contribution >= 4 is 23.6 Å². The van der Waals surface area contributed by atoms with Gasteiger partial charge in [0.15, 0.2) is 0 Å². The first-order valence-electron chi connectivity index (χ1n) is 11.4. The molecule has 1 N–H and O–H groups in total. The van der Waals surface area contributed by atoms with E-state index in [1.807, 2.05) is 62.4 Å². The van der Waals surface area contributed by atoms with E-state index in [0.29, 0.717) is 18.7 Å². The minimum atomic E-state index is -0.483. The Morgan fingerprint density at radius 3 is 2.34 bits per heavy atom. The van der Waals surface area contributed by atoms with Crippen LogP contribution in [-0.4, -0.2) is 41.7 Å². The number of carbonyl (C=O) groups is 2. The highest BCUT2D eigenvalue weighted by atomic mass is 32.2. The lowest BCUT2D eigenvalue weighted by atomic mass is 10.1. The highest BCUT2D eigenvalue weighted by Crippen LogP contribution is 2.23. The number of carbonyl (C=O) groups excluding carboxylic acids is 2. The molecule has 6 heteroatoms. The zero-order valence-electron chi connectivity index (χ0n) is 19.3. The lowest BCUT2D eigenvalue weighted by Gasteiger charge is -2.31. The van der Waals surface area contributed by atoms with E-state index in [4.69, 9.17) is 4.74 Å². The molecule has 1 saturated carbocycles. The van der Waals surface area contributed by atoms with Gasteiger partial charge in [0.25, 0.3) is 0 Å². The van der Waals surface area contributed by atoms with Gasteiger partial charge in [0.2, 0.25) is 11.8 Å². The molecule has 0 saturated heterocycles. The van der Waals surface area contributed by atoms with E-state index in [1.165, 1.54) is 17.3 Å². The number of benzene rings is 2. The van der Waals surface area contributed by atoms with Crippen molar-refractivity contribution in [2.24, 2.45) is 0 Å². The molecule has 0 radical (unpaired) electrons. The Hall–Kier alpha value is -2.47. The summed E-state index contributed by atoms with van der Waals surface area (Å²) in [6, 6.07) is 15.6. The van der Waals surface area contributed by atoms with Gasteiger partial charge < -0.3 is 15.0 Å². The Morgan fingerprint density at radius 1 is 1.09 bits per heavy atom. The minimum Gasteiger partial charge on any atom is -0.497 e. The summed E-state index contributed by atoms with van der Waals surface area (Å²) in [5, 5.41) is 3.19. The van der Waals surface area contributed by atoms with Crippen LogP contribution < -0.4 is 10.1 Å². The second-order valence-corrected chi connectivity index (χ2v) is 9.43. The van der Waals surface area contributed by atoms with Crippen LogP contribution in [0.3, 0.4) is 0 Å². The van der Waals surface area contributed by atoms with Crippen molar-refractivity contribution in [2.75, 3.05) is 12.9 Å². The van der Waals surface area contributed by atoms with Crippen LogP contribution in [0.1, 0.15) is 50.2 Å². The molecule has 0 bridgehead atoms. The number of aryl methyl sites for hydroxylation is 1. The predicted molar refractivity (Wildman–Crippen MR) is 130 cm³/mol. The van der Waals surface area contributed by atoms with Crippen LogP contribution in [0.5, 0.6) is 5.75 Å². The number of hydrogen-bond acceptors (Lipinski definition) is 4. The first kappa shape index (κ1) is 24.2. The highest BCUT2D eigenvalue weighted by molar-refractivity contribution is 8.00. The molecule has 0 aliphatic heterocycles. The third kappa shape index (κ3) is 6.76. The zero-order chi connectivity index (χ0) is 22.9. The fourth-order valence-corrected chi connectivity index (χ4v) is 4.86. The number of nitrogens with one attached hydrogen (secondary N) is 1. The van der Waals surface area contributed by atoms with E-state index < -0.39 is 6.04 Å². The maximum atomic E-state index is 13.4. The van der Waals surface area contributed by atoms with Crippen LogP contribution in [0.4, 0.5) is 0 Å². The van der Waals surface area contributed by atoms with E-state index >= 15 is 0 Å². The van der Waals surface area contributed by atoms with Crippen LogP contribution in [0, 0.1) is 6.92 Å².